The van der Waals surface area contributed by atoms with Gasteiger partial charge in [0.15, 0.2) is 0 Å². The predicted octanol–water partition coefficient (Wildman–Crippen LogP) is 3.82. The first-order valence-electron chi connectivity index (χ1n) is 14.0. The molecule has 39 heavy (non-hydrogen) atoms. The van der Waals surface area contributed by atoms with Crippen LogP contribution in [0.5, 0.6) is 5.88 Å². The fraction of sp³-hybridized carbons (Fsp3) is 0.567. The standard InChI is InChI=1S/C30H41FN4O4/c1-4-30(31,5-2)20-34-14-12-21(13-15-34)19-39-26-11-10-24(17-33-26)22-6-8-23(9-7-22)27(37)35-18-25(36)16-29(35,3)28(32)38/h6-11,17,21,25,36H,4-5,12-16,18-20H2,1-3H3,(H2,32,38)/t25?,29-/m0/s1. The molecule has 2 aliphatic rings. The van der Waals surface area contributed by atoms with Crippen LogP contribution in [0.2, 0.25) is 0 Å². The second-order valence-electron chi connectivity index (χ2n) is 11.3. The third-order valence-electron chi connectivity index (χ3n) is 8.55. The second-order valence-corrected chi connectivity index (χ2v) is 11.3. The number of amides is 2. The lowest BCUT2D eigenvalue weighted by atomic mass is 9.94. The number of β-amino-alcohol motifs (C(OH)–C–C–N with tert-alkyl or cyclic N) is 1. The number of nitrogens with two attached hydrogens (primary N) is 1. The Morgan fingerprint density at radius 2 is 1.77 bits per heavy atom. The van der Waals surface area contributed by atoms with Crippen LogP contribution in [-0.2, 0) is 4.79 Å². The Kier molecular flexibility index (Phi) is 8.91. The minimum absolute atomic E-state index is 0.0700. The number of benzene rings is 1. The smallest absolute Gasteiger partial charge is 0.254 e. The van der Waals surface area contributed by atoms with Crippen molar-refractivity contribution in [2.24, 2.45) is 11.7 Å². The normalized spacial score (nSPS) is 22.7. The van der Waals surface area contributed by atoms with Gasteiger partial charge in [-0.1, -0.05) is 26.0 Å². The van der Waals surface area contributed by atoms with E-state index in [0.29, 0.717) is 43.4 Å². The SMILES string of the molecule is CCC(F)(CC)CN1CCC(COc2ccc(-c3ccc(C(=O)N4CC(O)C[C@@]4(C)C(N)=O)cc3)cn2)CC1. The first kappa shape index (κ1) is 29.0. The number of piperidine rings is 1. The molecular weight excluding hydrogens is 499 g/mol. The highest BCUT2D eigenvalue weighted by Gasteiger charge is 2.48. The number of aromatic nitrogens is 1. The lowest BCUT2D eigenvalue weighted by Crippen LogP contribution is -2.53. The zero-order valence-electron chi connectivity index (χ0n) is 23.2. The van der Waals surface area contributed by atoms with Gasteiger partial charge in [-0.3, -0.25) is 9.59 Å². The fourth-order valence-corrected chi connectivity index (χ4v) is 5.57. The van der Waals surface area contributed by atoms with E-state index in [9.17, 15) is 19.1 Å². The minimum atomic E-state index is -1.21. The lowest BCUT2D eigenvalue weighted by molar-refractivity contribution is -0.126. The maximum Gasteiger partial charge on any atom is 0.254 e. The molecule has 9 heteroatoms. The van der Waals surface area contributed by atoms with Gasteiger partial charge in [0.2, 0.25) is 11.8 Å². The van der Waals surface area contributed by atoms with Crippen molar-refractivity contribution in [3.63, 3.8) is 0 Å². The molecule has 3 N–H and O–H groups in total. The van der Waals surface area contributed by atoms with E-state index in [1.165, 1.54) is 4.90 Å². The van der Waals surface area contributed by atoms with Gasteiger partial charge in [0, 0.05) is 42.9 Å². The molecule has 212 valence electrons. The van der Waals surface area contributed by atoms with Crippen LogP contribution in [-0.4, -0.2) is 81.8 Å². The van der Waals surface area contributed by atoms with Crippen LogP contribution in [0.1, 0.15) is 63.2 Å². The van der Waals surface area contributed by atoms with Crippen molar-refractivity contribution in [3.8, 4) is 17.0 Å². The van der Waals surface area contributed by atoms with Gasteiger partial charge in [-0.05, 0) is 75.4 Å². The van der Waals surface area contributed by atoms with Crippen LogP contribution in [0, 0.1) is 5.92 Å². The maximum atomic E-state index is 14.7. The summed E-state index contributed by atoms with van der Waals surface area (Å²) < 4.78 is 20.7. The molecule has 1 unspecified atom stereocenters. The van der Waals surface area contributed by atoms with E-state index in [1.54, 1.807) is 25.3 Å². The molecule has 0 aliphatic carbocycles. The van der Waals surface area contributed by atoms with Gasteiger partial charge in [0.1, 0.15) is 11.2 Å². The molecule has 0 spiro atoms. The Morgan fingerprint density at radius 1 is 1.13 bits per heavy atom. The van der Waals surface area contributed by atoms with Crippen molar-refractivity contribution < 1.29 is 23.8 Å². The summed E-state index contributed by atoms with van der Waals surface area (Å²) in [6.07, 6.45) is 4.17. The van der Waals surface area contributed by atoms with E-state index < -0.39 is 23.2 Å². The highest BCUT2D eigenvalue weighted by molar-refractivity contribution is 5.99. The Bertz CT molecular complexity index is 1130. The number of nitrogens with zero attached hydrogens (tertiary/aromatic N) is 3. The molecule has 2 fully saturated rings. The molecule has 8 nitrogen and oxygen atoms in total. The van der Waals surface area contributed by atoms with E-state index in [0.717, 1.165) is 37.1 Å². The van der Waals surface area contributed by atoms with Crippen LogP contribution in [0.15, 0.2) is 42.6 Å². The Morgan fingerprint density at radius 3 is 2.33 bits per heavy atom. The summed E-state index contributed by atoms with van der Waals surface area (Å²) in [5.74, 6) is 0.0192. The predicted molar refractivity (Wildman–Crippen MR) is 148 cm³/mol. The van der Waals surface area contributed by atoms with Crippen molar-refractivity contribution in [3.05, 3.63) is 48.2 Å². The molecular formula is C30H41FN4O4. The average Bonchev–Trinajstić information content (AvgIpc) is 3.27. The Labute approximate surface area is 230 Å². The molecule has 2 aliphatic heterocycles. The number of halogens is 1. The van der Waals surface area contributed by atoms with Crippen LogP contribution in [0.25, 0.3) is 11.1 Å². The number of aliphatic hydroxyl groups excluding tert-OH is 1. The summed E-state index contributed by atoms with van der Waals surface area (Å²) >= 11 is 0. The summed E-state index contributed by atoms with van der Waals surface area (Å²) in [4.78, 5) is 33.1. The van der Waals surface area contributed by atoms with E-state index in [4.69, 9.17) is 10.5 Å². The number of alkyl halides is 1. The number of rotatable bonds is 10. The molecule has 4 rings (SSSR count). The maximum absolute atomic E-state index is 14.7. The summed E-state index contributed by atoms with van der Waals surface area (Å²) in [7, 11) is 0. The van der Waals surface area contributed by atoms with Gasteiger partial charge in [0.05, 0.1) is 12.7 Å². The van der Waals surface area contributed by atoms with Gasteiger partial charge >= 0.3 is 0 Å². The van der Waals surface area contributed by atoms with E-state index in [2.05, 4.69) is 9.88 Å². The number of primary amides is 1. The molecule has 2 amide bonds. The number of carbonyl (C=O) groups excluding carboxylic acids is 2. The van der Waals surface area contributed by atoms with E-state index in [1.807, 2.05) is 38.1 Å². The molecule has 1 aromatic heterocycles. The first-order valence-corrected chi connectivity index (χ1v) is 14.0. The number of hydrogen-bond acceptors (Lipinski definition) is 6. The quantitative estimate of drug-likeness (QED) is 0.474. The molecule has 2 saturated heterocycles. The van der Waals surface area contributed by atoms with Gasteiger partial charge < -0.3 is 25.4 Å². The zero-order valence-corrected chi connectivity index (χ0v) is 23.2. The van der Waals surface area contributed by atoms with Crippen molar-refractivity contribution in [1.82, 2.24) is 14.8 Å². The van der Waals surface area contributed by atoms with E-state index >= 15 is 0 Å². The fourth-order valence-electron chi connectivity index (χ4n) is 5.57. The summed E-state index contributed by atoms with van der Waals surface area (Å²) in [6.45, 7) is 8.39. The van der Waals surface area contributed by atoms with Crippen molar-refractivity contribution in [2.75, 3.05) is 32.8 Å². The number of aliphatic hydroxyl groups is 1. The Hall–Kier alpha value is -3.04. The number of carbonyl (C=O) groups is 2. The third kappa shape index (κ3) is 6.58. The topological polar surface area (TPSA) is 109 Å². The average molecular weight is 541 g/mol. The van der Waals surface area contributed by atoms with Crippen LogP contribution in [0.3, 0.4) is 0 Å². The molecule has 2 aromatic rings. The van der Waals surface area contributed by atoms with Crippen LogP contribution < -0.4 is 10.5 Å². The summed E-state index contributed by atoms with van der Waals surface area (Å²) in [5.41, 5.74) is 5.43. The van der Waals surface area contributed by atoms with Crippen LogP contribution >= 0.6 is 0 Å². The van der Waals surface area contributed by atoms with Crippen LogP contribution in [0.4, 0.5) is 4.39 Å². The molecule has 0 bridgehead atoms. The number of ether oxygens (including phenoxy) is 1. The largest absolute Gasteiger partial charge is 0.477 e. The lowest BCUT2D eigenvalue weighted by Gasteiger charge is -2.36. The van der Waals surface area contributed by atoms with Gasteiger partial charge in [-0.2, -0.15) is 0 Å². The molecule has 1 aromatic carbocycles. The number of pyridine rings is 1. The Balaban J connectivity index is 1.29. The van der Waals surface area contributed by atoms with Gasteiger partial charge in [0.25, 0.3) is 5.91 Å². The monoisotopic (exact) mass is 540 g/mol. The number of hydrogen-bond donors (Lipinski definition) is 2. The summed E-state index contributed by atoms with van der Waals surface area (Å²) in [5, 5.41) is 10.0. The van der Waals surface area contributed by atoms with Crippen molar-refractivity contribution in [1.29, 1.82) is 0 Å². The second kappa shape index (κ2) is 12.0. The highest BCUT2D eigenvalue weighted by atomic mass is 19.1. The first-order chi connectivity index (χ1) is 18.6. The van der Waals surface area contributed by atoms with E-state index in [-0.39, 0.29) is 18.9 Å². The molecule has 0 saturated carbocycles. The summed E-state index contributed by atoms with van der Waals surface area (Å²) in [6, 6.07) is 10.8. The molecule has 0 radical (unpaired) electrons. The molecule has 2 atom stereocenters. The van der Waals surface area contributed by atoms with Crippen molar-refractivity contribution >= 4 is 11.8 Å². The van der Waals surface area contributed by atoms with Crippen molar-refractivity contribution in [2.45, 2.75) is 70.2 Å². The van der Waals surface area contributed by atoms with Gasteiger partial charge in [-0.15, -0.1) is 0 Å². The molecule has 3 heterocycles. The third-order valence-corrected chi connectivity index (χ3v) is 8.55. The highest BCUT2D eigenvalue weighted by Crippen LogP contribution is 2.31. The number of likely N-dealkylation sites (tertiary alicyclic amines) is 2. The van der Waals surface area contributed by atoms with Gasteiger partial charge in [-0.25, -0.2) is 9.37 Å². The zero-order chi connectivity index (χ0) is 28.2. The minimum Gasteiger partial charge on any atom is -0.477 e.